The van der Waals surface area contributed by atoms with Crippen LogP contribution in [0.25, 0.3) is 0 Å². The fourth-order valence-electron chi connectivity index (χ4n) is 3.35. The van der Waals surface area contributed by atoms with Gasteiger partial charge in [-0.25, -0.2) is 0 Å². The highest BCUT2D eigenvalue weighted by molar-refractivity contribution is 5.73. The molecule has 3 aromatic carbocycles. The van der Waals surface area contributed by atoms with Crippen molar-refractivity contribution in [1.29, 1.82) is 0 Å². The lowest BCUT2D eigenvalue weighted by Crippen LogP contribution is -2.33. The van der Waals surface area contributed by atoms with Crippen LogP contribution in [-0.4, -0.2) is 124 Å². The lowest BCUT2D eigenvalue weighted by molar-refractivity contribution is -0.129. The zero-order chi connectivity index (χ0) is 72.9. The van der Waals surface area contributed by atoms with Crippen LogP contribution in [0.1, 0.15) is 200 Å². The van der Waals surface area contributed by atoms with Crippen LogP contribution in [0.4, 0.5) is 0 Å². The maximum absolute atomic E-state index is 10.7. The Balaban J connectivity index is -0.0000000211. The Hall–Kier alpha value is -6.61. The van der Waals surface area contributed by atoms with Crippen LogP contribution in [-0.2, 0) is 72.0 Å². The van der Waals surface area contributed by atoms with E-state index < -0.39 is 0 Å². The third kappa shape index (κ3) is 301. The third-order valence-electron chi connectivity index (χ3n) is 8.82. The number of nitrogens with two attached hydrogens (primary N) is 3. The zero-order valence-corrected chi connectivity index (χ0v) is 64.2. The minimum atomic E-state index is -0.167. The fourth-order valence-corrected chi connectivity index (χ4v) is 3.35. The second kappa shape index (κ2) is 231. The molecule has 1 amide bonds. The SMILES string of the molecule is C=O.C=O.C=O.C=O.C=O.C=O.C=O.C=O.C=O.C=O.CC.CC(=O)N1CCCCC1.CC(C)O.CCC(C)C.CCC(C)C.CCC(C)C.CCC(C)C.CCc1ccccc1.CCc1ccccc1.CCc1ccccc1.CN.CN.CN.N.N.N.N.N.N.N. The number of hydrogen-bond donors (Lipinski definition) is 11. The Bertz CT molecular complexity index is 1200. The number of carbonyl (C=O) groups is 11. The smallest absolute Gasteiger partial charge is 0.219 e. The Labute approximate surface area is 569 Å². The molecule has 4 rings (SSSR count). The molecular weight excluding hydrogens is 1170 g/mol. The number of carbonyl (C=O) groups excluding carboxylic acids is 11. The predicted octanol–water partition coefficient (Wildman–Crippen LogP) is 15.4. The maximum atomic E-state index is 10.7. The summed E-state index contributed by atoms with van der Waals surface area (Å²) in [6.07, 6.45) is 12.2. The molecule has 1 aliphatic rings. The monoisotopic (exact) mass is 1340 g/mol. The molecule has 3 aromatic rings. The molecule has 1 fully saturated rings. The van der Waals surface area contributed by atoms with Crippen molar-refractivity contribution in [3.8, 4) is 0 Å². The number of amides is 1. The van der Waals surface area contributed by atoms with Gasteiger partial charge in [0.2, 0.25) is 5.91 Å². The summed E-state index contributed by atoms with van der Waals surface area (Å²) in [4.78, 5) is 92.6. The van der Waals surface area contributed by atoms with Gasteiger partial charge in [-0.05, 0) is 114 Å². The first kappa shape index (κ1) is 172. The van der Waals surface area contributed by atoms with Crippen molar-refractivity contribution >= 4 is 73.8 Å². The number of aliphatic hydroxyl groups excluding tert-OH is 1. The number of aliphatic hydroxyl groups is 1. The van der Waals surface area contributed by atoms with E-state index in [9.17, 15) is 4.79 Å². The molecule has 0 aliphatic carbocycles. The first-order valence-corrected chi connectivity index (χ1v) is 28.6. The summed E-state index contributed by atoms with van der Waals surface area (Å²) >= 11 is 0. The largest absolute Gasteiger partial charge is 0.394 e. The molecule has 564 valence electrons. The van der Waals surface area contributed by atoms with Gasteiger partial charge in [-0.3, -0.25) is 4.79 Å². The summed E-state index contributed by atoms with van der Waals surface area (Å²) in [7, 11) is 4.50. The molecule has 0 aromatic heterocycles. The van der Waals surface area contributed by atoms with E-state index in [0.717, 1.165) is 56.0 Å². The van der Waals surface area contributed by atoms with Crippen LogP contribution in [0.5, 0.6) is 0 Å². The second-order valence-corrected chi connectivity index (χ2v) is 16.4. The van der Waals surface area contributed by atoms with Crippen molar-refractivity contribution in [2.45, 2.75) is 209 Å². The van der Waals surface area contributed by atoms with E-state index in [1.807, 2.05) is 105 Å². The van der Waals surface area contributed by atoms with Crippen LogP contribution >= 0.6 is 0 Å². The molecule has 23 heteroatoms. The van der Waals surface area contributed by atoms with Gasteiger partial charge in [-0.15, -0.1) is 0 Å². The van der Waals surface area contributed by atoms with Crippen molar-refractivity contribution in [2.75, 3.05) is 34.2 Å². The number of benzene rings is 3. The van der Waals surface area contributed by atoms with E-state index in [2.05, 4.69) is 194 Å². The lowest BCUT2D eigenvalue weighted by Gasteiger charge is -2.24. The first-order chi connectivity index (χ1) is 40.9. The molecule has 23 nitrogen and oxygen atoms in total. The molecule has 1 saturated heterocycles. The number of piperidine rings is 1. The first-order valence-electron chi connectivity index (χ1n) is 28.6. The van der Waals surface area contributed by atoms with Gasteiger partial charge in [0.1, 0.15) is 67.9 Å². The van der Waals surface area contributed by atoms with Gasteiger partial charge in [0.15, 0.2) is 0 Å². The second-order valence-electron chi connectivity index (χ2n) is 16.4. The van der Waals surface area contributed by atoms with Crippen LogP contribution in [0.15, 0.2) is 91.0 Å². The van der Waals surface area contributed by atoms with Crippen molar-refractivity contribution < 1.29 is 57.8 Å². The molecule has 0 bridgehead atoms. The number of likely N-dealkylation sites (tertiary alicyclic amines) is 1. The molecule has 0 unspecified atom stereocenters. The zero-order valence-electron chi connectivity index (χ0n) is 64.2. The summed E-state index contributed by atoms with van der Waals surface area (Å²) in [5, 5.41) is 8.06. The molecule has 92 heavy (non-hydrogen) atoms. The normalized spacial score (nSPS) is 7.50. The van der Waals surface area contributed by atoms with Gasteiger partial charge in [0.05, 0.1) is 0 Å². The highest BCUT2D eigenvalue weighted by Crippen LogP contribution is 2.08. The Morgan fingerprint density at radius 1 is 0.348 bits per heavy atom. The number of rotatable bonds is 7. The lowest BCUT2D eigenvalue weighted by atomic mass is 10.1. The summed E-state index contributed by atoms with van der Waals surface area (Å²) in [6.45, 7) is 64.1. The summed E-state index contributed by atoms with van der Waals surface area (Å²) < 4.78 is 0. The Morgan fingerprint density at radius 3 is 0.533 bits per heavy atom. The molecule has 1 heterocycles. The highest BCUT2D eigenvalue weighted by Gasteiger charge is 2.11. The van der Waals surface area contributed by atoms with E-state index in [-0.39, 0.29) is 55.1 Å². The molecule has 0 atom stereocenters. The van der Waals surface area contributed by atoms with Crippen LogP contribution in [0.3, 0.4) is 0 Å². The third-order valence-corrected chi connectivity index (χ3v) is 8.82. The van der Waals surface area contributed by atoms with Gasteiger partial charge < -0.3 is 118 Å². The summed E-state index contributed by atoms with van der Waals surface area (Å²) in [5.41, 5.74) is 17.7. The number of nitrogens with zero attached hydrogens (tertiary/aromatic N) is 1. The molecule has 0 spiro atoms. The molecular formula is C69H161N11O12. The fraction of sp³-hybridized carbons (Fsp3) is 0.580. The van der Waals surface area contributed by atoms with Crippen LogP contribution in [0.2, 0.25) is 0 Å². The van der Waals surface area contributed by atoms with Gasteiger partial charge in [-0.1, -0.05) is 234 Å². The molecule has 0 saturated carbocycles. The minimum Gasteiger partial charge on any atom is -0.394 e. The standard InChI is InChI=1S/3C8H10.C7H13NO.4C5H12.C3H8O.C2H6.3CH5N.10CH2O.7H3N/c3*1-2-8-6-4-3-5-7-8;1-7(9)8-5-3-2-4-6-8;4*1-4-5(2)3;1-3(2)4;14*1-2;;;;;;;/h3*3-7H,2H2,1H3;2-6H2,1H3;4*5H,4H2,1-3H3;3-4H,1-2H3;1-2H3;3*2H2,1H3;10*1H2;7*1H3. The average Bonchev–Trinajstić information content (AvgIpc) is 3.60. The number of hydrogen-bond acceptors (Lipinski definition) is 22. The number of aryl methyl sites for hydroxylation is 3. The highest BCUT2D eigenvalue weighted by atomic mass is 16.3. The van der Waals surface area contributed by atoms with E-state index in [1.54, 1.807) is 20.8 Å². The van der Waals surface area contributed by atoms with E-state index in [0.29, 0.717) is 0 Å². The molecule has 1 aliphatic heterocycles. The van der Waals surface area contributed by atoms with Crippen molar-refractivity contribution in [1.82, 2.24) is 48.0 Å². The van der Waals surface area contributed by atoms with Crippen LogP contribution < -0.4 is 60.3 Å². The van der Waals surface area contributed by atoms with Gasteiger partial charge in [0.25, 0.3) is 0 Å². The van der Waals surface area contributed by atoms with Crippen LogP contribution in [0, 0.1) is 23.7 Å². The van der Waals surface area contributed by atoms with Crippen molar-refractivity contribution in [3.05, 3.63) is 108 Å². The van der Waals surface area contributed by atoms with Gasteiger partial charge in [0, 0.05) is 26.1 Å². The Morgan fingerprint density at radius 2 is 0.467 bits per heavy atom. The maximum Gasteiger partial charge on any atom is 0.219 e. The summed E-state index contributed by atoms with van der Waals surface area (Å²) in [5.74, 6) is 3.77. The van der Waals surface area contributed by atoms with Gasteiger partial charge in [-0.2, -0.15) is 0 Å². The molecule has 0 radical (unpaired) electrons. The average molecular weight is 1340 g/mol. The predicted molar refractivity (Wildman–Crippen MR) is 409 cm³/mol. The van der Waals surface area contributed by atoms with Crippen molar-refractivity contribution in [3.63, 3.8) is 0 Å². The van der Waals surface area contributed by atoms with E-state index in [4.69, 9.17) is 53.1 Å². The summed E-state index contributed by atoms with van der Waals surface area (Å²) in [6, 6.07) is 31.4. The van der Waals surface area contributed by atoms with Crippen molar-refractivity contribution in [2.24, 2.45) is 40.9 Å². The quantitative estimate of drug-likeness (QED) is 0.105. The van der Waals surface area contributed by atoms with E-state index in [1.165, 1.54) is 82.8 Å². The Kier molecular flexibility index (Phi) is 433. The topological polar surface area (TPSA) is 534 Å². The van der Waals surface area contributed by atoms with Gasteiger partial charge >= 0.3 is 0 Å². The molecule has 28 N–H and O–H groups in total. The van der Waals surface area contributed by atoms with E-state index >= 15 is 0 Å². The minimum absolute atomic E-state index is 0.